The van der Waals surface area contributed by atoms with Crippen molar-refractivity contribution in [3.05, 3.63) is 33.0 Å². The maximum atomic E-state index is 12.3. The molecule has 3 rings (SSSR count). The third kappa shape index (κ3) is 3.80. The third-order valence-corrected chi connectivity index (χ3v) is 5.45. The molecule has 9 heteroatoms. The van der Waals surface area contributed by atoms with Crippen molar-refractivity contribution >= 4 is 45.9 Å². The van der Waals surface area contributed by atoms with E-state index in [0.717, 1.165) is 29.2 Å². The van der Waals surface area contributed by atoms with E-state index in [4.69, 9.17) is 12.2 Å². The topological polar surface area (TPSA) is 75.6 Å². The molecule has 0 bridgehead atoms. The van der Waals surface area contributed by atoms with Crippen molar-refractivity contribution in [2.24, 2.45) is 0 Å². The number of H-pyrrole nitrogens is 1. The van der Waals surface area contributed by atoms with E-state index < -0.39 is 0 Å². The number of thiophene rings is 1. The highest BCUT2D eigenvalue weighted by molar-refractivity contribution is 7.71. The number of nitrogens with zero attached hydrogens (tertiary/aromatic N) is 3. The zero-order valence-electron chi connectivity index (χ0n) is 13.3. The van der Waals surface area contributed by atoms with Crippen LogP contribution < -0.4 is 5.32 Å². The Morgan fingerprint density at radius 1 is 1.46 bits per heavy atom. The Morgan fingerprint density at radius 3 is 3.00 bits per heavy atom. The van der Waals surface area contributed by atoms with E-state index in [1.807, 2.05) is 11.4 Å². The minimum Gasteiger partial charge on any atom is -0.300 e. The average molecular weight is 380 g/mol. The summed E-state index contributed by atoms with van der Waals surface area (Å²) < 4.78 is 2.19. The number of aromatic amines is 1. The molecule has 3 heterocycles. The number of rotatable bonds is 6. The molecular weight excluding hydrogens is 362 g/mol. The van der Waals surface area contributed by atoms with Gasteiger partial charge in [-0.2, -0.15) is 5.10 Å². The predicted octanol–water partition coefficient (Wildman–Crippen LogP) is 4.03. The summed E-state index contributed by atoms with van der Waals surface area (Å²) in [5.41, 5.74) is 0.889. The summed E-state index contributed by atoms with van der Waals surface area (Å²) in [4.78, 5) is 19.1. The highest BCUT2D eigenvalue weighted by atomic mass is 32.1. The molecule has 126 valence electrons. The summed E-state index contributed by atoms with van der Waals surface area (Å²) in [7, 11) is 0. The molecule has 0 fully saturated rings. The summed E-state index contributed by atoms with van der Waals surface area (Å²) >= 11 is 8.30. The first-order valence-corrected chi connectivity index (χ1v) is 9.63. The van der Waals surface area contributed by atoms with Crippen LogP contribution in [0.3, 0.4) is 0 Å². The van der Waals surface area contributed by atoms with Crippen molar-refractivity contribution in [2.75, 3.05) is 5.32 Å². The van der Waals surface area contributed by atoms with Gasteiger partial charge < -0.3 is 5.32 Å². The van der Waals surface area contributed by atoms with Gasteiger partial charge in [-0.15, -0.1) is 22.7 Å². The molecule has 0 saturated heterocycles. The van der Waals surface area contributed by atoms with E-state index in [1.165, 1.54) is 16.2 Å². The molecule has 1 amide bonds. The van der Waals surface area contributed by atoms with Crippen molar-refractivity contribution in [2.45, 2.75) is 33.2 Å². The minimum atomic E-state index is -0.159. The molecule has 0 aliphatic heterocycles. The first-order chi connectivity index (χ1) is 11.6. The molecule has 3 aromatic rings. The van der Waals surface area contributed by atoms with Crippen molar-refractivity contribution in [1.29, 1.82) is 0 Å². The number of hydrogen-bond donors (Lipinski definition) is 2. The van der Waals surface area contributed by atoms with E-state index >= 15 is 0 Å². The number of amides is 1. The van der Waals surface area contributed by atoms with Crippen LogP contribution >= 0.6 is 34.9 Å². The number of aryl methyl sites for hydroxylation is 2. The van der Waals surface area contributed by atoms with Gasteiger partial charge >= 0.3 is 0 Å². The number of aromatic nitrogens is 4. The lowest BCUT2D eigenvalue weighted by atomic mass is 10.3. The van der Waals surface area contributed by atoms with Gasteiger partial charge in [-0.05, 0) is 37.7 Å². The van der Waals surface area contributed by atoms with E-state index in [0.29, 0.717) is 9.90 Å². The van der Waals surface area contributed by atoms with Crippen LogP contribution in [0, 0.1) is 11.7 Å². The van der Waals surface area contributed by atoms with Crippen molar-refractivity contribution in [3.8, 4) is 10.6 Å². The van der Waals surface area contributed by atoms with Gasteiger partial charge in [-0.25, -0.2) is 4.98 Å². The van der Waals surface area contributed by atoms with Crippen LogP contribution in [-0.2, 0) is 17.8 Å². The fourth-order valence-corrected chi connectivity index (χ4v) is 4.09. The molecule has 6 nitrogen and oxygen atoms in total. The van der Waals surface area contributed by atoms with Gasteiger partial charge in [0, 0.05) is 16.7 Å². The smallest absolute Gasteiger partial charge is 0.246 e. The van der Waals surface area contributed by atoms with Gasteiger partial charge in [0.1, 0.15) is 12.4 Å². The molecule has 0 unspecified atom stereocenters. The number of nitrogens with one attached hydrogen (secondary N) is 2. The molecule has 0 aliphatic carbocycles. The lowest BCUT2D eigenvalue weighted by molar-refractivity contribution is -0.116. The van der Waals surface area contributed by atoms with E-state index in [2.05, 4.69) is 40.4 Å². The third-order valence-electron chi connectivity index (χ3n) is 3.36. The molecule has 3 aromatic heterocycles. The summed E-state index contributed by atoms with van der Waals surface area (Å²) in [6.07, 6.45) is 1.72. The number of hydrogen-bond acceptors (Lipinski definition) is 6. The molecule has 0 aliphatic rings. The first-order valence-electron chi connectivity index (χ1n) is 7.53. The Hall–Kier alpha value is -1.84. The SMILES string of the molecule is CCCc1n[nH]c(=S)n1CC(=O)Nc1nc(-c2ccc(C)s2)cs1. The zero-order chi connectivity index (χ0) is 17.1. The van der Waals surface area contributed by atoms with Crippen molar-refractivity contribution in [3.63, 3.8) is 0 Å². The van der Waals surface area contributed by atoms with Crippen LogP contribution in [0.4, 0.5) is 5.13 Å². The summed E-state index contributed by atoms with van der Waals surface area (Å²) in [5, 5.41) is 12.3. The standard InChI is InChI=1S/C15H17N5OS3/c1-3-4-12-18-19-15(22)20(12)7-13(21)17-14-16-10(8-23-14)11-6-5-9(2)24-11/h5-6,8H,3-4,7H2,1-2H3,(H,19,22)(H,16,17,21). The Labute approximate surface area is 152 Å². The highest BCUT2D eigenvalue weighted by Gasteiger charge is 2.12. The second kappa shape index (κ2) is 7.37. The monoisotopic (exact) mass is 379 g/mol. The largest absolute Gasteiger partial charge is 0.300 e. The van der Waals surface area contributed by atoms with Gasteiger partial charge in [0.25, 0.3) is 0 Å². The molecule has 0 saturated carbocycles. The van der Waals surface area contributed by atoms with Gasteiger partial charge in [0.2, 0.25) is 5.91 Å². The maximum absolute atomic E-state index is 12.3. The van der Waals surface area contributed by atoms with E-state index in [9.17, 15) is 4.79 Å². The minimum absolute atomic E-state index is 0.137. The van der Waals surface area contributed by atoms with E-state index in [-0.39, 0.29) is 12.5 Å². The molecule has 0 radical (unpaired) electrons. The van der Waals surface area contributed by atoms with E-state index in [1.54, 1.807) is 15.9 Å². The van der Waals surface area contributed by atoms with Gasteiger partial charge in [-0.1, -0.05) is 6.92 Å². The van der Waals surface area contributed by atoms with Crippen LogP contribution in [-0.4, -0.2) is 25.7 Å². The first kappa shape index (κ1) is 17.0. The highest BCUT2D eigenvalue weighted by Crippen LogP contribution is 2.30. The van der Waals surface area contributed by atoms with Crippen LogP contribution in [0.1, 0.15) is 24.0 Å². The number of carbonyl (C=O) groups is 1. The lowest BCUT2D eigenvalue weighted by Crippen LogP contribution is -2.20. The van der Waals surface area contributed by atoms with Gasteiger partial charge in [0.05, 0.1) is 10.6 Å². The predicted molar refractivity (Wildman–Crippen MR) is 100 cm³/mol. The normalized spacial score (nSPS) is 10.9. The molecular formula is C15H17N5OS3. The van der Waals surface area contributed by atoms with Crippen LogP contribution in [0.15, 0.2) is 17.5 Å². The van der Waals surface area contributed by atoms with Crippen LogP contribution in [0.25, 0.3) is 10.6 Å². The number of thiazole rings is 1. The summed E-state index contributed by atoms with van der Waals surface area (Å²) in [6.45, 7) is 4.26. The Kier molecular flexibility index (Phi) is 5.22. The van der Waals surface area contributed by atoms with Crippen LogP contribution in [0.2, 0.25) is 0 Å². The fourth-order valence-electron chi connectivity index (χ4n) is 2.25. The molecule has 0 aromatic carbocycles. The average Bonchev–Trinajstić information content (AvgIpc) is 3.24. The summed E-state index contributed by atoms with van der Waals surface area (Å²) in [5.74, 6) is 0.639. The Bertz CT molecular complexity index is 904. The number of anilines is 1. The van der Waals surface area contributed by atoms with Crippen molar-refractivity contribution < 1.29 is 4.79 Å². The van der Waals surface area contributed by atoms with Crippen molar-refractivity contribution in [1.82, 2.24) is 19.7 Å². The summed E-state index contributed by atoms with van der Waals surface area (Å²) in [6, 6.07) is 4.11. The molecule has 2 N–H and O–H groups in total. The van der Waals surface area contributed by atoms with Gasteiger partial charge in [-0.3, -0.25) is 14.5 Å². The second-order valence-electron chi connectivity index (χ2n) is 5.28. The number of carbonyl (C=O) groups excluding carboxylic acids is 1. The van der Waals surface area contributed by atoms with Gasteiger partial charge in [0.15, 0.2) is 9.90 Å². The maximum Gasteiger partial charge on any atom is 0.246 e. The lowest BCUT2D eigenvalue weighted by Gasteiger charge is -2.05. The molecule has 0 spiro atoms. The Morgan fingerprint density at radius 2 is 2.29 bits per heavy atom. The second-order valence-corrected chi connectivity index (χ2v) is 7.81. The molecule has 24 heavy (non-hydrogen) atoms. The van der Waals surface area contributed by atoms with Crippen LogP contribution in [0.5, 0.6) is 0 Å². The quantitative estimate of drug-likeness (QED) is 0.634. The molecule has 0 atom stereocenters. The Balaban J connectivity index is 1.69. The fraction of sp³-hybridized carbons (Fsp3) is 0.333. The zero-order valence-corrected chi connectivity index (χ0v) is 15.8.